The van der Waals surface area contributed by atoms with Gasteiger partial charge in [-0.2, -0.15) is 10.1 Å². The Morgan fingerprint density at radius 2 is 1.93 bits per heavy atom. The normalized spacial score (nSPS) is 15.7. The minimum atomic E-state index is -0.747. The lowest BCUT2D eigenvalue weighted by Crippen LogP contribution is -2.50. The number of benzene rings is 1. The van der Waals surface area contributed by atoms with Crippen LogP contribution in [0.15, 0.2) is 24.3 Å². The molecule has 1 heterocycles. The van der Waals surface area contributed by atoms with Gasteiger partial charge >= 0.3 is 0 Å². The molecule has 1 aromatic carbocycles. The fourth-order valence-electron chi connectivity index (χ4n) is 3.33. The van der Waals surface area contributed by atoms with Gasteiger partial charge in [-0.05, 0) is 30.2 Å². The molecule has 1 aliphatic carbocycles. The number of aromatic nitrogens is 4. The van der Waals surface area contributed by atoms with Gasteiger partial charge in [0.1, 0.15) is 12.1 Å². The molecular formula is C18H21N7O2. The van der Waals surface area contributed by atoms with Gasteiger partial charge in [0.2, 0.25) is 17.6 Å². The molecule has 0 bridgehead atoms. The molecule has 1 fully saturated rings. The lowest BCUT2D eigenvalue weighted by Gasteiger charge is -2.38. The highest BCUT2D eigenvalue weighted by atomic mass is 16.2. The zero-order chi connectivity index (χ0) is 19.4. The van der Waals surface area contributed by atoms with Gasteiger partial charge in [-0.25, -0.2) is 0 Å². The molecule has 3 rings (SSSR count). The first kappa shape index (κ1) is 18.5. The van der Waals surface area contributed by atoms with E-state index < -0.39 is 11.4 Å². The fraction of sp³-hybridized carbons (Fsp3) is 0.444. The number of carbonyl (C=O) groups excluding carboxylic acids is 2. The molecule has 0 atom stereocenters. The van der Waals surface area contributed by atoms with Crippen LogP contribution in [-0.2, 0) is 11.3 Å². The summed E-state index contributed by atoms with van der Waals surface area (Å²) >= 11 is 0. The second-order valence-electron chi connectivity index (χ2n) is 6.74. The van der Waals surface area contributed by atoms with Gasteiger partial charge in [-0.3, -0.25) is 9.59 Å². The van der Waals surface area contributed by atoms with Crippen molar-refractivity contribution in [1.29, 1.82) is 5.26 Å². The molecule has 9 nitrogen and oxygen atoms in total. The van der Waals surface area contributed by atoms with Crippen molar-refractivity contribution in [1.82, 2.24) is 25.1 Å². The van der Waals surface area contributed by atoms with Crippen LogP contribution in [0, 0.1) is 11.3 Å². The summed E-state index contributed by atoms with van der Waals surface area (Å²) in [5, 5.41) is 21.7. The predicted octanol–water partition coefficient (Wildman–Crippen LogP) is 1.12. The monoisotopic (exact) mass is 367 g/mol. The predicted molar refractivity (Wildman–Crippen MR) is 96.0 cm³/mol. The van der Waals surface area contributed by atoms with Crippen molar-refractivity contribution in [2.45, 2.75) is 44.2 Å². The Hall–Kier alpha value is -3.28. The summed E-state index contributed by atoms with van der Waals surface area (Å²) in [4.78, 5) is 26.5. The van der Waals surface area contributed by atoms with E-state index in [1.807, 2.05) is 0 Å². The standard InChI is InChI=1S/C18H21N7O2/c1-24(18(12-19)9-3-2-4-10-18)15(26)11-25-22-17(21-23-25)14-7-5-13(6-8-14)16(20)27/h5-8H,2-4,9-11H2,1H3,(H2,20,27). The number of nitriles is 1. The van der Waals surface area contributed by atoms with Crippen LogP contribution in [0.3, 0.4) is 0 Å². The number of carbonyl (C=O) groups is 2. The Morgan fingerprint density at radius 1 is 1.26 bits per heavy atom. The largest absolute Gasteiger partial charge is 0.366 e. The van der Waals surface area contributed by atoms with Crippen molar-refractivity contribution in [2.75, 3.05) is 7.05 Å². The molecule has 0 radical (unpaired) electrons. The number of rotatable bonds is 5. The number of nitrogens with zero attached hydrogens (tertiary/aromatic N) is 6. The minimum absolute atomic E-state index is 0.0910. The minimum Gasteiger partial charge on any atom is -0.366 e. The summed E-state index contributed by atoms with van der Waals surface area (Å²) in [6.07, 6.45) is 4.35. The Kier molecular flexibility index (Phi) is 5.16. The summed E-state index contributed by atoms with van der Waals surface area (Å²) in [5.41, 5.74) is 5.52. The first-order valence-corrected chi connectivity index (χ1v) is 8.81. The highest BCUT2D eigenvalue weighted by Crippen LogP contribution is 2.32. The molecule has 0 aliphatic heterocycles. The molecule has 9 heteroatoms. The molecule has 0 spiro atoms. The van der Waals surface area contributed by atoms with Gasteiger partial charge in [0.05, 0.1) is 6.07 Å². The molecule has 0 unspecified atom stereocenters. The van der Waals surface area contributed by atoms with E-state index in [2.05, 4.69) is 21.5 Å². The smallest absolute Gasteiger partial charge is 0.248 e. The van der Waals surface area contributed by atoms with Crippen LogP contribution in [0.1, 0.15) is 42.5 Å². The molecule has 27 heavy (non-hydrogen) atoms. The molecule has 1 aliphatic rings. The van der Waals surface area contributed by atoms with Crippen molar-refractivity contribution < 1.29 is 9.59 Å². The van der Waals surface area contributed by atoms with Gasteiger partial charge in [0.25, 0.3) is 0 Å². The van der Waals surface area contributed by atoms with Gasteiger partial charge < -0.3 is 10.6 Å². The zero-order valence-corrected chi connectivity index (χ0v) is 15.1. The molecule has 2 amide bonds. The Balaban J connectivity index is 1.70. The zero-order valence-electron chi connectivity index (χ0n) is 15.1. The first-order chi connectivity index (χ1) is 12.9. The quantitative estimate of drug-likeness (QED) is 0.842. The van der Waals surface area contributed by atoms with Crippen LogP contribution in [0.25, 0.3) is 11.4 Å². The van der Waals surface area contributed by atoms with Crippen LogP contribution >= 0.6 is 0 Å². The average molecular weight is 367 g/mol. The van der Waals surface area contributed by atoms with Crippen molar-refractivity contribution >= 4 is 11.8 Å². The summed E-state index contributed by atoms with van der Waals surface area (Å²) < 4.78 is 0. The Morgan fingerprint density at radius 3 is 2.52 bits per heavy atom. The van der Waals surface area contributed by atoms with E-state index in [0.29, 0.717) is 29.8 Å². The first-order valence-electron chi connectivity index (χ1n) is 8.81. The number of primary amides is 1. The van der Waals surface area contributed by atoms with E-state index in [0.717, 1.165) is 19.3 Å². The third kappa shape index (κ3) is 3.79. The number of likely N-dealkylation sites (N-methyl/N-ethyl adjacent to an activating group) is 1. The van der Waals surface area contributed by atoms with Crippen LogP contribution in [0.2, 0.25) is 0 Å². The van der Waals surface area contributed by atoms with E-state index in [1.54, 1.807) is 31.3 Å². The van der Waals surface area contributed by atoms with Crippen molar-refractivity contribution in [2.24, 2.45) is 5.73 Å². The molecule has 2 aromatic rings. The van der Waals surface area contributed by atoms with E-state index in [1.165, 1.54) is 9.70 Å². The van der Waals surface area contributed by atoms with Crippen molar-refractivity contribution in [3.05, 3.63) is 29.8 Å². The highest BCUT2D eigenvalue weighted by molar-refractivity contribution is 5.93. The average Bonchev–Trinajstić information content (AvgIpc) is 3.16. The maximum absolute atomic E-state index is 12.6. The Bertz CT molecular complexity index is 876. The summed E-state index contributed by atoms with van der Waals surface area (Å²) in [7, 11) is 1.66. The van der Waals surface area contributed by atoms with Crippen LogP contribution < -0.4 is 5.73 Å². The number of hydrogen-bond acceptors (Lipinski definition) is 6. The lowest BCUT2D eigenvalue weighted by molar-refractivity contribution is -0.136. The van der Waals surface area contributed by atoms with Crippen LogP contribution in [-0.4, -0.2) is 49.5 Å². The van der Waals surface area contributed by atoms with Crippen molar-refractivity contribution in [3.8, 4) is 17.5 Å². The third-order valence-corrected chi connectivity index (χ3v) is 5.06. The number of amides is 2. The van der Waals surface area contributed by atoms with Crippen LogP contribution in [0.5, 0.6) is 0 Å². The number of nitrogens with two attached hydrogens (primary N) is 1. The molecule has 1 aromatic heterocycles. The summed E-state index contributed by atoms with van der Waals surface area (Å²) in [6, 6.07) is 8.83. The van der Waals surface area contributed by atoms with Gasteiger partial charge in [-0.1, -0.05) is 31.4 Å². The molecule has 0 saturated heterocycles. The number of hydrogen-bond donors (Lipinski definition) is 1. The van der Waals surface area contributed by atoms with E-state index in [9.17, 15) is 14.9 Å². The van der Waals surface area contributed by atoms with Crippen molar-refractivity contribution in [3.63, 3.8) is 0 Å². The van der Waals surface area contributed by atoms with Crippen LogP contribution in [0.4, 0.5) is 0 Å². The maximum Gasteiger partial charge on any atom is 0.248 e. The second kappa shape index (κ2) is 7.53. The van der Waals surface area contributed by atoms with E-state index in [-0.39, 0.29) is 12.5 Å². The fourth-order valence-corrected chi connectivity index (χ4v) is 3.33. The van der Waals surface area contributed by atoms with Gasteiger partial charge in [-0.15, -0.1) is 10.2 Å². The molecule has 140 valence electrons. The maximum atomic E-state index is 12.6. The van der Waals surface area contributed by atoms with Gasteiger partial charge in [0, 0.05) is 18.2 Å². The Labute approximate surface area is 156 Å². The number of tetrazole rings is 1. The highest BCUT2D eigenvalue weighted by Gasteiger charge is 2.38. The summed E-state index contributed by atoms with van der Waals surface area (Å²) in [5.74, 6) is -0.401. The van der Waals surface area contributed by atoms with E-state index in [4.69, 9.17) is 5.73 Å². The second-order valence-corrected chi connectivity index (χ2v) is 6.74. The van der Waals surface area contributed by atoms with Gasteiger partial charge in [0.15, 0.2) is 0 Å². The lowest BCUT2D eigenvalue weighted by atomic mass is 9.81. The molecule has 2 N–H and O–H groups in total. The molecule has 1 saturated carbocycles. The molecular weight excluding hydrogens is 346 g/mol. The topological polar surface area (TPSA) is 131 Å². The third-order valence-electron chi connectivity index (χ3n) is 5.06. The van der Waals surface area contributed by atoms with E-state index >= 15 is 0 Å². The summed E-state index contributed by atoms with van der Waals surface area (Å²) in [6.45, 7) is -0.0910. The SMILES string of the molecule is CN(C(=O)Cn1nnc(-c2ccc(C(N)=O)cc2)n1)C1(C#N)CCCCC1.